The molecule has 24 heavy (non-hydrogen) atoms. The molecule has 5 nitrogen and oxygen atoms in total. The van der Waals surface area contributed by atoms with Crippen LogP contribution < -0.4 is 4.74 Å². The second-order valence-corrected chi connectivity index (χ2v) is 5.51. The summed E-state index contributed by atoms with van der Waals surface area (Å²) in [6, 6.07) is 5.85. The van der Waals surface area contributed by atoms with Gasteiger partial charge in [-0.15, -0.1) is 0 Å². The van der Waals surface area contributed by atoms with Crippen molar-refractivity contribution >= 4 is 16.6 Å². The normalized spacial score (nSPS) is 19.1. The number of aromatic nitrogens is 2. The molecule has 1 N–H and O–H groups in total. The maximum atomic E-state index is 5.69. The van der Waals surface area contributed by atoms with Gasteiger partial charge in [-0.1, -0.05) is 12.2 Å². The van der Waals surface area contributed by atoms with E-state index in [1.807, 2.05) is 30.4 Å². The van der Waals surface area contributed by atoms with E-state index < -0.39 is 0 Å². The lowest BCUT2D eigenvalue weighted by Gasteiger charge is -2.09. The van der Waals surface area contributed by atoms with E-state index in [9.17, 15) is 0 Å². The van der Waals surface area contributed by atoms with Crippen LogP contribution in [0.5, 0.6) is 5.75 Å². The summed E-state index contributed by atoms with van der Waals surface area (Å²) in [7, 11) is 3.33. The molecule has 0 fully saturated rings. The Bertz CT molecular complexity index is 787. The summed E-state index contributed by atoms with van der Waals surface area (Å²) in [5, 5.41) is 0. The van der Waals surface area contributed by atoms with E-state index in [2.05, 4.69) is 17.1 Å². The van der Waals surface area contributed by atoms with E-state index in [1.54, 1.807) is 14.2 Å². The summed E-state index contributed by atoms with van der Waals surface area (Å²) in [4.78, 5) is 8.07. The lowest BCUT2D eigenvalue weighted by Crippen LogP contribution is -2.01. The fourth-order valence-corrected chi connectivity index (χ4v) is 2.56. The Balaban J connectivity index is 1.84. The predicted octanol–water partition coefficient (Wildman–Crippen LogP) is 3.85. The molecule has 1 heterocycles. The van der Waals surface area contributed by atoms with Gasteiger partial charge in [-0.3, -0.25) is 0 Å². The molecule has 0 bridgehead atoms. The molecule has 0 radical (unpaired) electrons. The number of hydrogen-bond donors (Lipinski definition) is 1. The second-order valence-electron chi connectivity index (χ2n) is 5.51. The Morgan fingerprint density at radius 3 is 2.92 bits per heavy atom. The molecule has 0 saturated carbocycles. The van der Waals surface area contributed by atoms with Crippen LogP contribution in [0.1, 0.15) is 18.7 Å². The van der Waals surface area contributed by atoms with Gasteiger partial charge in [0.25, 0.3) is 0 Å². The topological polar surface area (TPSA) is 56.4 Å². The molecule has 0 aliphatic heterocycles. The number of nitrogens with one attached hydrogen (secondary N) is 1. The smallest absolute Gasteiger partial charge is 0.134 e. The molecule has 0 unspecified atom stereocenters. The number of fused-ring (bicyclic) bond motifs is 1. The van der Waals surface area contributed by atoms with E-state index >= 15 is 0 Å². The van der Waals surface area contributed by atoms with Crippen LogP contribution in [0, 0.1) is 0 Å². The molecule has 1 aromatic heterocycles. The Kier molecular flexibility index (Phi) is 5.33. The SMILES string of the molecule is COCCO/C1=C/C=C(/c2nc3ccc(OC)cc3[nH]2)CCC=C1. The zero-order valence-electron chi connectivity index (χ0n) is 14.0. The van der Waals surface area contributed by atoms with Gasteiger partial charge in [-0.2, -0.15) is 0 Å². The number of methoxy groups -OCH3 is 2. The van der Waals surface area contributed by atoms with Gasteiger partial charge < -0.3 is 19.2 Å². The molecule has 3 rings (SSSR count). The minimum absolute atomic E-state index is 0.542. The summed E-state index contributed by atoms with van der Waals surface area (Å²) in [5.74, 6) is 2.55. The average molecular weight is 326 g/mol. The number of hydrogen-bond acceptors (Lipinski definition) is 4. The van der Waals surface area contributed by atoms with Gasteiger partial charge in [0.2, 0.25) is 0 Å². The molecule has 0 atom stereocenters. The first-order chi connectivity index (χ1) is 11.8. The average Bonchev–Trinajstić information content (AvgIpc) is 2.99. The number of imidazole rings is 1. The molecular weight excluding hydrogens is 304 g/mol. The largest absolute Gasteiger partial charge is 0.497 e. The zero-order valence-corrected chi connectivity index (χ0v) is 14.0. The van der Waals surface area contributed by atoms with Crippen LogP contribution in [0.2, 0.25) is 0 Å². The minimum atomic E-state index is 0.542. The summed E-state index contributed by atoms with van der Waals surface area (Å²) >= 11 is 0. The van der Waals surface area contributed by atoms with Crippen molar-refractivity contribution < 1.29 is 14.2 Å². The van der Waals surface area contributed by atoms with Crippen molar-refractivity contribution in [3.8, 4) is 5.75 Å². The van der Waals surface area contributed by atoms with E-state index in [0.717, 1.165) is 46.8 Å². The Morgan fingerprint density at radius 2 is 2.08 bits per heavy atom. The van der Waals surface area contributed by atoms with Crippen molar-refractivity contribution in [2.24, 2.45) is 0 Å². The van der Waals surface area contributed by atoms with E-state index in [0.29, 0.717) is 13.2 Å². The minimum Gasteiger partial charge on any atom is -0.497 e. The van der Waals surface area contributed by atoms with Crippen LogP contribution in [-0.4, -0.2) is 37.4 Å². The maximum Gasteiger partial charge on any atom is 0.134 e. The van der Waals surface area contributed by atoms with Gasteiger partial charge >= 0.3 is 0 Å². The first-order valence-corrected chi connectivity index (χ1v) is 8.03. The van der Waals surface area contributed by atoms with Crippen LogP contribution in [-0.2, 0) is 9.47 Å². The fourth-order valence-electron chi connectivity index (χ4n) is 2.56. The summed E-state index contributed by atoms with van der Waals surface area (Å²) in [6.45, 7) is 1.12. The number of nitrogens with zero attached hydrogens (tertiary/aromatic N) is 1. The highest BCUT2D eigenvalue weighted by Crippen LogP contribution is 2.25. The zero-order chi connectivity index (χ0) is 16.8. The van der Waals surface area contributed by atoms with Crippen LogP contribution in [0.15, 0.2) is 48.3 Å². The van der Waals surface area contributed by atoms with Crippen LogP contribution in [0.4, 0.5) is 0 Å². The third kappa shape index (κ3) is 3.86. The van der Waals surface area contributed by atoms with Crippen LogP contribution >= 0.6 is 0 Å². The van der Waals surface area contributed by atoms with Crippen LogP contribution in [0.3, 0.4) is 0 Å². The lowest BCUT2D eigenvalue weighted by molar-refractivity contribution is 0.114. The van der Waals surface area contributed by atoms with Crippen molar-refractivity contribution in [3.63, 3.8) is 0 Å². The predicted molar refractivity (Wildman–Crippen MR) is 94.9 cm³/mol. The first kappa shape index (κ1) is 16.3. The van der Waals surface area contributed by atoms with Crippen molar-refractivity contribution in [3.05, 3.63) is 54.1 Å². The van der Waals surface area contributed by atoms with Gasteiger partial charge in [0, 0.05) is 13.2 Å². The van der Waals surface area contributed by atoms with Gasteiger partial charge in [0.1, 0.15) is 23.9 Å². The highest BCUT2D eigenvalue weighted by atomic mass is 16.5. The van der Waals surface area contributed by atoms with Crippen LogP contribution in [0.25, 0.3) is 16.6 Å². The fraction of sp³-hybridized carbons (Fsp3) is 0.316. The third-order valence-electron chi connectivity index (χ3n) is 3.86. The van der Waals surface area contributed by atoms with Gasteiger partial charge in [-0.05, 0) is 42.7 Å². The molecule has 1 aliphatic rings. The summed E-state index contributed by atoms with van der Waals surface area (Å²) in [5.41, 5.74) is 3.07. The highest BCUT2D eigenvalue weighted by Gasteiger charge is 2.09. The quantitative estimate of drug-likeness (QED) is 0.819. The number of H-pyrrole nitrogens is 1. The maximum absolute atomic E-state index is 5.69. The molecule has 1 aliphatic carbocycles. The number of rotatable bonds is 6. The standard InChI is InChI=1S/C19H22N2O3/c1-22-11-12-24-15-6-4-3-5-14(7-8-15)19-20-17-10-9-16(23-2)13-18(17)21-19/h4,6-10,13H,3,5,11-12H2,1-2H3,(H,20,21)/b6-4?,14-7+,15-8+. The Hall–Kier alpha value is -2.53. The van der Waals surface area contributed by atoms with Crippen molar-refractivity contribution in [1.82, 2.24) is 9.97 Å². The van der Waals surface area contributed by atoms with Gasteiger partial charge in [-0.25, -0.2) is 4.98 Å². The van der Waals surface area contributed by atoms with Gasteiger partial charge in [0.05, 0.1) is 24.8 Å². The summed E-state index contributed by atoms with van der Waals surface area (Å²) in [6.07, 6.45) is 10.0. The third-order valence-corrected chi connectivity index (χ3v) is 3.86. The van der Waals surface area contributed by atoms with Crippen molar-refractivity contribution in [1.29, 1.82) is 0 Å². The number of aromatic amines is 1. The molecule has 0 spiro atoms. The number of ether oxygens (including phenoxy) is 3. The van der Waals surface area contributed by atoms with Crippen molar-refractivity contribution in [2.75, 3.05) is 27.4 Å². The van der Waals surface area contributed by atoms with E-state index in [4.69, 9.17) is 19.2 Å². The second kappa shape index (κ2) is 7.84. The lowest BCUT2D eigenvalue weighted by atomic mass is 10.1. The van der Waals surface area contributed by atoms with Gasteiger partial charge in [0.15, 0.2) is 0 Å². The molecule has 126 valence electrons. The first-order valence-electron chi connectivity index (χ1n) is 8.03. The molecule has 1 aromatic carbocycles. The summed E-state index contributed by atoms with van der Waals surface area (Å²) < 4.78 is 16.0. The number of allylic oxidation sites excluding steroid dienone is 5. The molecule has 0 saturated heterocycles. The molecule has 0 amide bonds. The molecular formula is C19H22N2O3. The van der Waals surface area contributed by atoms with E-state index in [1.165, 1.54) is 0 Å². The number of benzene rings is 1. The monoisotopic (exact) mass is 326 g/mol. The highest BCUT2D eigenvalue weighted by molar-refractivity contribution is 5.80. The molecule has 5 heteroatoms. The Labute approximate surface area is 141 Å². The molecule has 2 aromatic rings. The van der Waals surface area contributed by atoms with E-state index in [-0.39, 0.29) is 0 Å². The Morgan fingerprint density at radius 1 is 1.17 bits per heavy atom. The van der Waals surface area contributed by atoms with Crippen molar-refractivity contribution in [2.45, 2.75) is 12.8 Å².